The van der Waals surface area contributed by atoms with Gasteiger partial charge in [0, 0.05) is 12.3 Å². The van der Waals surface area contributed by atoms with Crippen LogP contribution in [-0.4, -0.2) is 18.5 Å². The molecule has 1 aliphatic heterocycles. The highest BCUT2D eigenvalue weighted by Crippen LogP contribution is 2.39. The van der Waals surface area contributed by atoms with Crippen LogP contribution in [0.25, 0.3) is 0 Å². The zero-order chi connectivity index (χ0) is 12.3. The molecule has 2 nitrogen and oxygen atoms in total. The Hall–Kier alpha value is -0.0800. The molecule has 0 spiro atoms. The molecule has 1 heterocycles. The summed E-state index contributed by atoms with van der Waals surface area (Å²) in [4.78, 5) is 0. The SMILES string of the molecule is CCCCCC1(C)OC[C@H]2CC(C)CCC2O1. The maximum atomic E-state index is 6.25. The van der Waals surface area contributed by atoms with E-state index in [9.17, 15) is 0 Å². The quantitative estimate of drug-likeness (QED) is 0.688. The molecule has 2 heteroatoms. The van der Waals surface area contributed by atoms with Crippen molar-refractivity contribution < 1.29 is 9.47 Å². The lowest BCUT2D eigenvalue weighted by Gasteiger charge is -2.46. The van der Waals surface area contributed by atoms with Crippen LogP contribution in [0.4, 0.5) is 0 Å². The van der Waals surface area contributed by atoms with Crippen LogP contribution in [0.15, 0.2) is 0 Å². The second-order valence-corrected chi connectivity index (χ2v) is 6.24. The predicted molar refractivity (Wildman–Crippen MR) is 69.9 cm³/mol. The van der Waals surface area contributed by atoms with E-state index in [4.69, 9.17) is 9.47 Å². The number of rotatable bonds is 4. The molecule has 2 fully saturated rings. The fourth-order valence-corrected chi connectivity index (χ4v) is 3.27. The van der Waals surface area contributed by atoms with Crippen molar-refractivity contribution in [3.8, 4) is 0 Å². The van der Waals surface area contributed by atoms with Crippen molar-refractivity contribution in [1.29, 1.82) is 0 Å². The summed E-state index contributed by atoms with van der Waals surface area (Å²) in [6.07, 6.45) is 9.14. The molecular formula is C15H28O2. The zero-order valence-corrected chi connectivity index (χ0v) is 11.7. The van der Waals surface area contributed by atoms with Gasteiger partial charge in [-0.25, -0.2) is 0 Å². The van der Waals surface area contributed by atoms with Crippen molar-refractivity contribution in [2.24, 2.45) is 11.8 Å². The molecule has 0 aromatic carbocycles. The van der Waals surface area contributed by atoms with E-state index in [-0.39, 0.29) is 5.79 Å². The third kappa shape index (κ3) is 3.45. The van der Waals surface area contributed by atoms with E-state index in [1.54, 1.807) is 0 Å². The molecule has 2 rings (SSSR count). The first-order valence-corrected chi connectivity index (χ1v) is 7.45. The fourth-order valence-electron chi connectivity index (χ4n) is 3.27. The van der Waals surface area contributed by atoms with E-state index >= 15 is 0 Å². The Morgan fingerprint density at radius 1 is 1.24 bits per heavy atom. The van der Waals surface area contributed by atoms with Gasteiger partial charge in [0.1, 0.15) is 0 Å². The lowest BCUT2D eigenvalue weighted by molar-refractivity contribution is -0.312. The summed E-state index contributed by atoms with van der Waals surface area (Å²) in [6.45, 7) is 7.64. The average Bonchev–Trinajstić information content (AvgIpc) is 2.30. The monoisotopic (exact) mass is 240 g/mol. The fraction of sp³-hybridized carbons (Fsp3) is 1.00. The molecule has 0 aromatic rings. The van der Waals surface area contributed by atoms with Gasteiger partial charge in [0.2, 0.25) is 0 Å². The lowest BCUT2D eigenvalue weighted by atomic mass is 9.80. The summed E-state index contributed by atoms with van der Waals surface area (Å²) < 4.78 is 12.3. The van der Waals surface area contributed by atoms with Gasteiger partial charge in [-0.1, -0.05) is 26.7 Å². The molecular weight excluding hydrogens is 212 g/mol. The van der Waals surface area contributed by atoms with Crippen LogP contribution in [0.3, 0.4) is 0 Å². The molecule has 2 aliphatic rings. The number of hydrogen-bond donors (Lipinski definition) is 0. The van der Waals surface area contributed by atoms with Gasteiger partial charge in [0.15, 0.2) is 5.79 Å². The van der Waals surface area contributed by atoms with E-state index in [1.807, 2.05) is 0 Å². The second kappa shape index (κ2) is 5.71. The maximum Gasteiger partial charge on any atom is 0.165 e. The minimum Gasteiger partial charge on any atom is -0.350 e. The highest BCUT2D eigenvalue weighted by atomic mass is 16.7. The maximum absolute atomic E-state index is 6.25. The van der Waals surface area contributed by atoms with Crippen LogP contribution < -0.4 is 0 Å². The summed E-state index contributed by atoms with van der Waals surface area (Å²) >= 11 is 0. The zero-order valence-electron chi connectivity index (χ0n) is 11.7. The van der Waals surface area contributed by atoms with Gasteiger partial charge in [-0.2, -0.15) is 0 Å². The summed E-state index contributed by atoms with van der Waals surface area (Å²) in [6, 6.07) is 0. The molecule has 4 atom stereocenters. The Labute approximate surface area is 106 Å². The Kier molecular flexibility index (Phi) is 4.48. The molecule has 0 aromatic heterocycles. The number of unbranched alkanes of at least 4 members (excludes halogenated alkanes) is 2. The standard InChI is InChI=1S/C15H28O2/c1-4-5-6-9-15(3)16-11-13-10-12(2)7-8-14(13)17-15/h12-14H,4-11H2,1-3H3/t12?,13-,14?,15?/m1/s1. The third-order valence-corrected chi connectivity index (χ3v) is 4.41. The first-order chi connectivity index (χ1) is 8.13. The number of hydrogen-bond acceptors (Lipinski definition) is 2. The van der Waals surface area contributed by atoms with Gasteiger partial charge >= 0.3 is 0 Å². The van der Waals surface area contributed by atoms with Crippen LogP contribution in [0.1, 0.15) is 65.7 Å². The van der Waals surface area contributed by atoms with Gasteiger partial charge in [-0.3, -0.25) is 0 Å². The molecule has 0 bridgehead atoms. The molecule has 3 unspecified atom stereocenters. The highest BCUT2D eigenvalue weighted by molar-refractivity contribution is 4.85. The number of ether oxygens (including phenoxy) is 2. The highest BCUT2D eigenvalue weighted by Gasteiger charge is 2.41. The minimum atomic E-state index is -0.295. The van der Waals surface area contributed by atoms with Crippen molar-refractivity contribution >= 4 is 0 Å². The van der Waals surface area contributed by atoms with Gasteiger partial charge in [-0.15, -0.1) is 0 Å². The number of fused-ring (bicyclic) bond motifs is 1. The topological polar surface area (TPSA) is 18.5 Å². The average molecular weight is 240 g/mol. The van der Waals surface area contributed by atoms with E-state index in [2.05, 4.69) is 20.8 Å². The van der Waals surface area contributed by atoms with Crippen LogP contribution in [0, 0.1) is 11.8 Å². The molecule has 0 N–H and O–H groups in total. The van der Waals surface area contributed by atoms with E-state index in [0.717, 1.165) is 18.9 Å². The smallest absolute Gasteiger partial charge is 0.165 e. The first kappa shape index (κ1) is 13.4. The molecule has 1 saturated carbocycles. The summed E-state index contributed by atoms with van der Waals surface area (Å²) in [5, 5.41) is 0. The summed E-state index contributed by atoms with van der Waals surface area (Å²) in [5.41, 5.74) is 0. The summed E-state index contributed by atoms with van der Waals surface area (Å²) in [5.74, 6) is 1.21. The molecule has 1 saturated heterocycles. The van der Waals surface area contributed by atoms with E-state index in [0.29, 0.717) is 12.0 Å². The van der Waals surface area contributed by atoms with Gasteiger partial charge in [0.25, 0.3) is 0 Å². The van der Waals surface area contributed by atoms with Gasteiger partial charge < -0.3 is 9.47 Å². The Morgan fingerprint density at radius 3 is 2.82 bits per heavy atom. The third-order valence-electron chi connectivity index (χ3n) is 4.41. The van der Waals surface area contributed by atoms with Crippen molar-refractivity contribution in [2.75, 3.05) is 6.61 Å². The van der Waals surface area contributed by atoms with Crippen molar-refractivity contribution in [2.45, 2.75) is 77.6 Å². The van der Waals surface area contributed by atoms with Crippen molar-refractivity contribution in [3.63, 3.8) is 0 Å². The molecule has 0 amide bonds. The minimum absolute atomic E-state index is 0.295. The summed E-state index contributed by atoms with van der Waals surface area (Å²) in [7, 11) is 0. The van der Waals surface area contributed by atoms with E-state index < -0.39 is 0 Å². The lowest BCUT2D eigenvalue weighted by Crippen LogP contribution is -2.49. The molecule has 1 aliphatic carbocycles. The second-order valence-electron chi connectivity index (χ2n) is 6.24. The Balaban J connectivity index is 1.84. The first-order valence-electron chi connectivity index (χ1n) is 7.45. The van der Waals surface area contributed by atoms with Gasteiger partial charge in [0.05, 0.1) is 12.7 Å². The largest absolute Gasteiger partial charge is 0.350 e. The molecule has 100 valence electrons. The molecule has 0 radical (unpaired) electrons. The van der Waals surface area contributed by atoms with Crippen LogP contribution >= 0.6 is 0 Å². The molecule has 17 heavy (non-hydrogen) atoms. The van der Waals surface area contributed by atoms with Crippen molar-refractivity contribution in [1.82, 2.24) is 0 Å². The normalized spacial score (nSPS) is 42.2. The van der Waals surface area contributed by atoms with Crippen molar-refractivity contribution in [3.05, 3.63) is 0 Å². The van der Waals surface area contributed by atoms with Gasteiger partial charge in [-0.05, 0) is 38.5 Å². The van der Waals surface area contributed by atoms with Crippen LogP contribution in [-0.2, 0) is 9.47 Å². The predicted octanol–water partition coefficient (Wildman–Crippen LogP) is 4.13. The van der Waals surface area contributed by atoms with Crippen LogP contribution in [0.2, 0.25) is 0 Å². The van der Waals surface area contributed by atoms with Crippen LogP contribution in [0.5, 0.6) is 0 Å². The Bertz CT molecular complexity index is 241. The van der Waals surface area contributed by atoms with E-state index in [1.165, 1.54) is 38.5 Å². The Morgan fingerprint density at radius 2 is 2.06 bits per heavy atom.